The molecule has 1 unspecified atom stereocenters. The molecule has 0 amide bonds. The molecule has 0 fully saturated rings. The molecule has 0 radical (unpaired) electrons. The molecule has 9 heteroatoms. The van der Waals surface area contributed by atoms with E-state index in [0.29, 0.717) is 5.56 Å². The van der Waals surface area contributed by atoms with Crippen LogP contribution in [0.3, 0.4) is 0 Å². The molecule has 0 saturated carbocycles. The van der Waals surface area contributed by atoms with E-state index in [-0.39, 0.29) is 11.5 Å². The van der Waals surface area contributed by atoms with Crippen LogP contribution in [0, 0.1) is 10.1 Å². The van der Waals surface area contributed by atoms with Crippen molar-refractivity contribution in [3.8, 4) is 0 Å². The van der Waals surface area contributed by atoms with Crippen molar-refractivity contribution in [1.29, 1.82) is 0 Å². The van der Waals surface area contributed by atoms with Gasteiger partial charge in [0.2, 0.25) is 5.82 Å². The normalized spacial score (nSPS) is 13.1. The Morgan fingerprint density at radius 1 is 1.33 bits per heavy atom. The van der Waals surface area contributed by atoms with Crippen molar-refractivity contribution in [2.45, 2.75) is 19.1 Å². The molecule has 2 aromatic rings. The van der Waals surface area contributed by atoms with E-state index < -0.39 is 22.7 Å². The number of aromatic nitrogens is 2. The van der Waals surface area contributed by atoms with Crippen LogP contribution < -0.4 is 5.73 Å². The second-order valence-electron chi connectivity index (χ2n) is 4.41. The summed E-state index contributed by atoms with van der Waals surface area (Å²) >= 11 is 0. The summed E-state index contributed by atoms with van der Waals surface area (Å²) in [5.74, 6) is -0.146. The van der Waals surface area contributed by atoms with Crippen molar-refractivity contribution in [2.75, 3.05) is 5.73 Å². The van der Waals surface area contributed by atoms with E-state index in [2.05, 4.69) is 5.10 Å². The summed E-state index contributed by atoms with van der Waals surface area (Å²) in [6.07, 6.45) is -3.40. The van der Waals surface area contributed by atoms with Crippen LogP contribution in [0.1, 0.15) is 24.1 Å². The maximum atomic E-state index is 12.5. The number of rotatable bonds is 3. The van der Waals surface area contributed by atoms with Crippen LogP contribution in [0.2, 0.25) is 0 Å². The first-order valence-corrected chi connectivity index (χ1v) is 5.86. The predicted molar refractivity (Wildman–Crippen MR) is 68.6 cm³/mol. The van der Waals surface area contributed by atoms with E-state index >= 15 is 0 Å². The third-order valence-electron chi connectivity index (χ3n) is 3.10. The Morgan fingerprint density at radius 2 is 1.90 bits per heavy atom. The molecule has 1 heterocycles. The van der Waals surface area contributed by atoms with Gasteiger partial charge in [0, 0.05) is 0 Å². The maximum absolute atomic E-state index is 12.5. The second-order valence-corrected chi connectivity index (χ2v) is 4.41. The van der Waals surface area contributed by atoms with E-state index in [9.17, 15) is 23.3 Å². The number of halogens is 3. The van der Waals surface area contributed by atoms with Crippen LogP contribution in [0.4, 0.5) is 24.7 Å². The molecule has 0 bridgehead atoms. The Balaban J connectivity index is 2.32. The fourth-order valence-corrected chi connectivity index (χ4v) is 1.90. The molecule has 2 rings (SSSR count). The number of hydrogen-bond donors (Lipinski definition) is 1. The summed E-state index contributed by atoms with van der Waals surface area (Å²) in [7, 11) is 0. The van der Waals surface area contributed by atoms with Gasteiger partial charge in [-0.2, -0.15) is 18.3 Å². The zero-order chi connectivity index (χ0) is 15.8. The van der Waals surface area contributed by atoms with Gasteiger partial charge >= 0.3 is 11.9 Å². The van der Waals surface area contributed by atoms with Crippen LogP contribution in [0.25, 0.3) is 0 Å². The van der Waals surface area contributed by atoms with Gasteiger partial charge in [0.1, 0.15) is 6.20 Å². The summed E-state index contributed by atoms with van der Waals surface area (Å²) in [4.78, 5) is 10.0. The number of anilines is 1. The maximum Gasteiger partial charge on any atom is 0.416 e. The first-order chi connectivity index (χ1) is 9.71. The van der Waals surface area contributed by atoms with Crippen molar-refractivity contribution in [2.24, 2.45) is 0 Å². The van der Waals surface area contributed by atoms with E-state index in [1.54, 1.807) is 6.92 Å². The van der Waals surface area contributed by atoms with Gasteiger partial charge in [-0.15, -0.1) is 0 Å². The zero-order valence-electron chi connectivity index (χ0n) is 10.8. The number of nitrogens with zero attached hydrogens (tertiary/aromatic N) is 3. The third-order valence-corrected chi connectivity index (χ3v) is 3.10. The lowest BCUT2D eigenvalue weighted by atomic mass is 10.1. The molecule has 112 valence electrons. The SMILES string of the molecule is CC(c1ccc(C(F)(F)F)cc1)n1ncc([N+](=O)[O-])c1N. The van der Waals surface area contributed by atoms with Gasteiger partial charge in [-0.3, -0.25) is 10.1 Å². The van der Waals surface area contributed by atoms with Crippen LogP contribution in [-0.2, 0) is 6.18 Å². The van der Waals surface area contributed by atoms with Crippen LogP contribution in [-0.4, -0.2) is 14.7 Å². The van der Waals surface area contributed by atoms with Gasteiger partial charge in [-0.1, -0.05) is 12.1 Å². The predicted octanol–water partition coefficient (Wildman–Crippen LogP) is 3.00. The van der Waals surface area contributed by atoms with Crippen LogP contribution in [0.5, 0.6) is 0 Å². The van der Waals surface area contributed by atoms with Crippen molar-refractivity contribution in [3.05, 3.63) is 51.7 Å². The van der Waals surface area contributed by atoms with E-state index in [1.807, 2.05) is 0 Å². The Morgan fingerprint density at radius 3 is 2.33 bits per heavy atom. The minimum absolute atomic E-state index is 0.146. The highest BCUT2D eigenvalue weighted by atomic mass is 19.4. The van der Waals surface area contributed by atoms with Crippen molar-refractivity contribution < 1.29 is 18.1 Å². The lowest BCUT2D eigenvalue weighted by Crippen LogP contribution is -2.12. The molecule has 1 atom stereocenters. The molecule has 0 aliphatic heterocycles. The molecule has 6 nitrogen and oxygen atoms in total. The first kappa shape index (κ1) is 14.8. The van der Waals surface area contributed by atoms with E-state index in [0.717, 1.165) is 18.3 Å². The largest absolute Gasteiger partial charge is 0.416 e. The lowest BCUT2D eigenvalue weighted by Gasteiger charge is -2.15. The summed E-state index contributed by atoms with van der Waals surface area (Å²) < 4.78 is 38.7. The monoisotopic (exact) mass is 300 g/mol. The van der Waals surface area contributed by atoms with Gasteiger partial charge in [0.15, 0.2) is 0 Å². The van der Waals surface area contributed by atoms with Gasteiger partial charge in [-0.25, -0.2) is 4.68 Å². The quantitative estimate of drug-likeness (QED) is 0.697. The molecule has 2 N–H and O–H groups in total. The highest BCUT2D eigenvalue weighted by Crippen LogP contribution is 2.31. The minimum atomic E-state index is -4.41. The number of benzene rings is 1. The van der Waals surface area contributed by atoms with Gasteiger partial charge in [0.25, 0.3) is 0 Å². The molecular weight excluding hydrogens is 289 g/mol. The van der Waals surface area contributed by atoms with Crippen LogP contribution in [0.15, 0.2) is 30.5 Å². The summed E-state index contributed by atoms with van der Waals surface area (Å²) in [6, 6.07) is 3.95. The Hall–Kier alpha value is -2.58. The number of hydrogen-bond acceptors (Lipinski definition) is 4. The van der Waals surface area contributed by atoms with Gasteiger partial charge in [-0.05, 0) is 24.6 Å². The van der Waals surface area contributed by atoms with Crippen molar-refractivity contribution >= 4 is 11.5 Å². The van der Waals surface area contributed by atoms with Crippen molar-refractivity contribution in [3.63, 3.8) is 0 Å². The summed E-state index contributed by atoms with van der Waals surface area (Å²) in [6.45, 7) is 1.63. The van der Waals surface area contributed by atoms with Gasteiger partial charge in [0.05, 0.1) is 16.5 Å². The standard InChI is InChI=1S/C12H11F3N4O2/c1-7(18-11(16)10(6-17-18)19(20)21)8-2-4-9(5-3-8)12(13,14)15/h2-7H,16H2,1H3. The van der Waals surface area contributed by atoms with Crippen LogP contribution >= 0.6 is 0 Å². The molecule has 1 aromatic carbocycles. The Kier molecular flexibility index (Phi) is 3.58. The average molecular weight is 300 g/mol. The highest BCUT2D eigenvalue weighted by molar-refractivity contribution is 5.52. The Labute approximate surface area is 117 Å². The van der Waals surface area contributed by atoms with E-state index in [1.165, 1.54) is 16.8 Å². The van der Waals surface area contributed by atoms with E-state index in [4.69, 9.17) is 5.73 Å². The number of nitrogen functional groups attached to an aromatic ring is 1. The highest BCUT2D eigenvalue weighted by Gasteiger charge is 2.30. The fraction of sp³-hybridized carbons (Fsp3) is 0.250. The van der Waals surface area contributed by atoms with Gasteiger partial charge < -0.3 is 5.73 Å². The second kappa shape index (κ2) is 5.08. The molecule has 1 aromatic heterocycles. The topological polar surface area (TPSA) is 87.0 Å². The third kappa shape index (κ3) is 2.81. The lowest BCUT2D eigenvalue weighted by molar-refractivity contribution is -0.384. The summed E-state index contributed by atoms with van der Waals surface area (Å²) in [5.41, 5.74) is 5.02. The molecular formula is C12H11F3N4O2. The first-order valence-electron chi connectivity index (χ1n) is 5.86. The molecule has 0 saturated heterocycles. The molecule has 0 aliphatic carbocycles. The molecule has 0 aliphatic rings. The minimum Gasteiger partial charge on any atom is -0.378 e. The number of alkyl halides is 3. The molecule has 21 heavy (non-hydrogen) atoms. The molecule has 0 spiro atoms. The van der Waals surface area contributed by atoms with Crippen molar-refractivity contribution in [1.82, 2.24) is 9.78 Å². The summed E-state index contributed by atoms with van der Waals surface area (Å²) in [5, 5.41) is 14.5. The zero-order valence-corrected chi connectivity index (χ0v) is 10.8. The number of nitrogens with two attached hydrogens (primary N) is 1. The number of nitro groups is 1. The fourth-order valence-electron chi connectivity index (χ4n) is 1.90. The average Bonchev–Trinajstić information content (AvgIpc) is 2.79. The Bertz CT molecular complexity index is 664. The smallest absolute Gasteiger partial charge is 0.378 e.